The van der Waals surface area contributed by atoms with Gasteiger partial charge in [0.1, 0.15) is 18.4 Å². The Morgan fingerprint density at radius 1 is 0.975 bits per heavy atom. The van der Waals surface area contributed by atoms with Crippen LogP contribution in [-0.4, -0.2) is 43.8 Å². The summed E-state index contributed by atoms with van der Waals surface area (Å²) >= 11 is 12.6. The van der Waals surface area contributed by atoms with Gasteiger partial charge in [-0.15, -0.1) is 0 Å². The van der Waals surface area contributed by atoms with Gasteiger partial charge in [-0.2, -0.15) is 0 Å². The Kier molecular flexibility index (Phi) is 9.71. The molecule has 7 nitrogen and oxygen atoms in total. The Morgan fingerprint density at radius 2 is 1.62 bits per heavy atom. The summed E-state index contributed by atoms with van der Waals surface area (Å²) in [5.41, 5.74) is 0.602. The van der Waals surface area contributed by atoms with Crippen LogP contribution < -0.4 is 9.62 Å². The molecule has 1 N–H and O–H groups in total. The molecule has 3 aromatic carbocycles. The van der Waals surface area contributed by atoms with E-state index in [9.17, 15) is 22.4 Å². The van der Waals surface area contributed by atoms with E-state index in [-0.39, 0.29) is 39.1 Å². The number of hydrogen-bond acceptors (Lipinski definition) is 4. The molecule has 1 fully saturated rings. The van der Waals surface area contributed by atoms with Crippen LogP contribution in [0.5, 0.6) is 0 Å². The van der Waals surface area contributed by atoms with Crippen LogP contribution in [0.15, 0.2) is 77.7 Å². The third-order valence-electron chi connectivity index (χ3n) is 6.95. The number of rotatable bonds is 10. The minimum atomic E-state index is -4.27. The Morgan fingerprint density at radius 3 is 2.27 bits per heavy atom. The normalized spacial score (nSPS) is 14.5. The monoisotopic (exact) mass is 605 g/mol. The number of benzene rings is 3. The molecule has 0 heterocycles. The number of carbonyl (C=O) groups excluding carboxylic acids is 2. The maximum absolute atomic E-state index is 13.9. The van der Waals surface area contributed by atoms with Crippen molar-refractivity contribution in [2.75, 3.05) is 10.8 Å². The summed E-state index contributed by atoms with van der Waals surface area (Å²) in [7, 11) is -4.27. The maximum atomic E-state index is 13.9. The fourth-order valence-electron chi connectivity index (χ4n) is 4.68. The van der Waals surface area contributed by atoms with Crippen molar-refractivity contribution in [1.29, 1.82) is 0 Å². The molecule has 0 aliphatic heterocycles. The first-order chi connectivity index (χ1) is 19.1. The van der Waals surface area contributed by atoms with Gasteiger partial charge in [-0.3, -0.25) is 13.9 Å². The third kappa shape index (κ3) is 6.95. The number of sulfonamides is 1. The van der Waals surface area contributed by atoms with Gasteiger partial charge in [-0.05, 0) is 61.7 Å². The van der Waals surface area contributed by atoms with E-state index in [0.717, 1.165) is 30.0 Å². The lowest BCUT2D eigenvalue weighted by Gasteiger charge is -2.32. The standard InChI is InChI=1S/C29H30Cl2FN3O4S/c1-20(29(37)33-23-8-5-6-9-23)34(18-21-14-16-22(32)17-15-21)27(36)19-35(26-13-7-12-25(30)28(26)31)40(38,39)24-10-3-2-4-11-24/h2-4,7,10-17,20,23H,5-6,8-9,18-19H2,1H3,(H,33,37)/t20-/m1/s1. The minimum Gasteiger partial charge on any atom is -0.352 e. The van der Waals surface area contributed by atoms with Crippen molar-refractivity contribution < 1.29 is 22.4 Å². The van der Waals surface area contributed by atoms with Crippen molar-refractivity contribution in [3.05, 3.63) is 94.2 Å². The molecule has 0 spiro atoms. The number of carbonyl (C=O) groups is 2. The highest BCUT2D eigenvalue weighted by molar-refractivity contribution is 7.92. The zero-order chi connectivity index (χ0) is 28.9. The van der Waals surface area contributed by atoms with E-state index in [2.05, 4.69) is 5.32 Å². The molecule has 3 aromatic rings. The van der Waals surface area contributed by atoms with Gasteiger partial charge < -0.3 is 10.2 Å². The summed E-state index contributed by atoms with van der Waals surface area (Å²) < 4.78 is 42.1. The van der Waals surface area contributed by atoms with Gasteiger partial charge in [0, 0.05) is 12.6 Å². The second-order valence-corrected chi connectivity index (χ2v) is 12.4. The van der Waals surface area contributed by atoms with Crippen LogP contribution >= 0.6 is 23.2 Å². The summed E-state index contributed by atoms with van der Waals surface area (Å²) in [5, 5.41) is 3.09. The molecule has 1 atom stereocenters. The predicted molar refractivity (Wildman–Crippen MR) is 154 cm³/mol. The molecule has 40 heavy (non-hydrogen) atoms. The number of amides is 2. The van der Waals surface area contributed by atoms with E-state index < -0.39 is 34.3 Å². The quantitative estimate of drug-likeness (QED) is 0.316. The summed E-state index contributed by atoms with van der Waals surface area (Å²) in [4.78, 5) is 28.4. The van der Waals surface area contributed by atoms with E-state index in [4.69, 9.17) is 23.2 Å². The van der Waals surface area contributed by atoms with E-state index in [1.807, 2.05) is 0 Å². The number of nitrogens with one attached hydrogen (secondary N) is 1. The Balaban J connectivity index is 1.70. The van der Waals surface area contributed by atoms with Crippen LogP contribution in [0.3, 0.4) is 0 Å². The molecule has 2 amide bonds. The molecule has 0 unspecified atom stereocenters. The first-order valence-corrected chi connectivity index (χ1v) is 15.1. The molecule has 1 aliphatic carbocycles. The van der Waals surface area contributed by atoms with Crippen LogP contribution in [-0.2, 0) is 26.2 Å². The van der Waals surface area contributed by atoms with Gasteiger partial charge >= 0.3 is 0 Å². The van der Waals surface area contributed by atoms with Crippen LogP contribution in [0.25, 0.3) is 0 Å². The molecule has 1 saturated carbocycles. The van der Waals surface area contributed by atoms with Crippen molar-refractivity contribution in [3.63, 3.8) is 0 Å². The van der Waals surface area contributed by atoms with Gasteiger partial charge in [0.25, 0.3) is 10.0 Å². The number of anilines is 1. The molecule has 212 valence electrons. The zero-order valence-electron chi connectivity index (χ0n) is 21.9. The molecule has 11 heteroatoms. The van der Waals surface area contributed by atoms with E-state index in [0.29, 0.717) is 5.56 Å². The Hall–Kier alpha value is -3.14. The topological polar surface area (TPSA) is 86.8 Å². The second-order valence-electron chi connectivity index (χ2n) is 9.71. The molecule has 4 rings (SSSR count). The van der Waals surface area contributed by atoms with E-state index in [1.54, 1.807) is 25.1 Å². The molecular formula is C29H30Cl2FN3O4S. The number of nitrogens with zero attached hydrogens (tertiary/aromatic N) is 2. The van der Waals surface area contributed by atoms with Crippen LogP contribution in [0.4, 0.5) is 10.1 Å². The average molecular weight is 607 g/mol. The van der Waals surface area contributed by atoms with Crippen LogP contribution in [0, 0.1) is 5.82 Å². The Labute approximate surface area is 243 Å². The van der Waals surface area contributed by atoms with Gasteiger partial charge in [-0.1, -0.05) is 72.4 Å². The highest BCUT2D eigenvalue weighted by Crippen LogP contribution is 2.35. The summed E-state index contributed by atoms with van der Waals surface area (Å²) in [6.07, 6.45) is 3.76. The molecule has 0 saturated heterocycles. The van der Waals surface area contributed by atoms with Gasteiger partial charge in [0.2, 0.25) is 11.8 Å². The maximum Gasteiger partial charge on any atom is 0.264 e. The van der Waals surface area contributed by atoms with Crippen molar-refractivity contribution in [3.8, 4) is 0 Å². The molecule has 0 bridgehead atoms. The summed E-state index contributed by atoms with van der Waals surface area (Å²) in [6.45, 7) is 0.897. The third-order valence-corrected chi connectivity index (χ3v) is 9.53. The van der Waals surface area contributed by atoms with Crippen molar-refractivity contribution in [2.24, 2.45) is 0 Å². The lowest BCUT2D eigenvalue weighted by molar-refractivity contribution is -0.139. The lowest BCUT2D eigenvalue weighted by atomic mass is 10.1. The highest BCUT2D eigenvalue weighted by Gasteiger charge is 2.34. The van der Waals surface area contributed by atoms with Gasteiger partial charge in [0.05, 0.1) is 20.6 Å². The first kappa shape index (κ1) is 29.8. The van der Waals surface area contributed by atoms with Crippen LogP contribution in [0.1, 0.15) is 38.2 Å². The minimum absolute atomic E-state index is 0.0242. The fourth-order valence-corrected chi connectivity index (χ4v) is 6.57. The fraction of sp³-hybridized carbons (Fsp3) is 0.310. The SMILES string of the molecule is C[C@H](C(=O)NC1CCCC1)N(Cc1ccc(F)cc1)C(=O)CN(c1cccc(Cl)c1Cl)S(=O)(=O)c1ccccc1. The zero-order valence-corrected chi connectivity index (χ0v) is 24.2. The van der Waals surface area contributed by atoms with Crippen molar-refractivity contribution >= 4 is 50.7 Å². The van der Waals surface area contributed by atoms with E-state index in [1.165, 1.54) is 59.5 Å². The highest BCUT2D eigenvalue weighted by atomic mass is 35.5. The average Bonchev–Trinajstić information content (AvgIpc) is 3.46. The molecule has 0 aromatic heterocycles. The molecule has 0 radical (unpaired) electrons. The van der Waals surface area contributed by atoms with Crippen LogP contribution in [0.2, 0.25) is 10.0 Å². The largest absolute Gasteiger partial charge is 0.352 e. The number of halogens is 3. The molecular weight excluding hydrogens is 576 g/mol. The van der Waals surface area contributed by atoms with Gasteiger partial charge in [-0.25, -0.2) is 12.8 Å². The summed E-state index contributed by atoms with van der Waals surface area (Å²) in [5.74, 6) is -1.43. The lowest BCUT2D eigenvalue weighted by Crippen LogP contribution is -2.52. The van der Waals surface area contributed by atoms with Crippen molar-refractivity contribution in [2.45, 2.75) is 56.1 Å². The summed E-state index contributed by atoms with van der Waals surface area (Å²) in [6, 6.07) is 16.8. The predicted octanol–water partition coefficient (Wildman–Crippen LogP) is 5.80. The van der Waals surface area contributed by atoms with E-state index >= 15 is 0 Å². The Bertz CT molecular complexity index is 1450. The first-order valence-electron chi connectivity index (χ1n) is 12.9. The van der Waals surface area contributed by atoms with Crippen molar-refractivity contribution in [1.82, 2.24) is 10.2 Å². The van der Waals surface area contributed by atoms with Gasteiger partial charge in [0.15, 0.2) is 0 Å². The molecule has 1 aliphatic rings. The second kappa shape index (κ2) is 13.0. The smallest absolute Gasteiger partial charge is 0.264 e. The number of hydrogen-bond donors (Lipinski definition) is 1.